The average molecular weight is 203 g/mol. The average Bonchev–Trinajstić information content (AvgIpc) is 2.14. The number of nitrogens with zero attached hydrogens (tertiary/aromatic N) is 1. The summed E-state index contributed by atoms with van der Waals surface area (Å²) in [7, 11) is 1.74. The van der Waals surface area contributed by atoms with Crippen molar-refractivity contribution in [3.05, 3.63) is 0 Å². The Labute approximate surface area is 88.1 Å². The molecule has 86 valence electrons. The van der Waals surface area contributed by atoms with E-state index in [4.69, 9.17) is 9.84 Å². The van der Waals surface area contributed by atoms with Crippen molar-refractivity contribution in [2.75, 3.05) is 26.9 Å². The number of aliphatic hydroxyl groups is 1. The SMILES string of the molecule is COCCC(C)N(CCCO)C(C)C. The molecule has 1 unspecified atom stereocenters. The van der Waals surface area contributed by atoms with Gasteiger partial charge in [-0.05, 0) is 33.6 Å². The van der Waals surface area contributed by atoms with E-state index in [1.807, 2.05) is 0 Å². The highest BCUT2D eigenvalue weighted by atomic mass is 16.5. The Kier molecular flexibility index (Phi) is 8.14. The molecular formula is C11H25NO2. The van der Waals surface area contributed by atoms with Crippen LogP contribution in [-0.4, -0.2) is 49.0 Å². The first kappa shape index (κ1) is 13.9. The molecule has 1 N–H and O–H groups in total. The Bertz CT molecular complexity index is 128. The van der Waals surface area contributed by atoms with Gasteiger partial charge in [0.15, 0.2) is 0 Å². The third-order valence-corrected chi connectivity index (χ3v) is 2.54. The van der Waals surface area contributed by atoms with Crippen LogP contribution in [0.1, 0.15) is 33.6 Å². The minimum atomic E-state index is 0.278. The van der Waals surface area contributed by atoms with Crippen molar-refractivity contribution in [3.63, 3.8) is 0 Å². The predicted octanol–water partition coefficient (Wildman–Crippen LogP) is 1.50. The van der Waals surface area contributed by atoms with E-state index in [1.165, 1.54) is 0 Å². The summed E-state index contributed by atoms with van der Waals surface area (Å²) < 4.78 is 5.07. The molecule has 0 amide bonds. The van der Waals surface area contributed by atoms with Crippen LogP contribution < -0.4 is 0 Å². The maximum absolute atomic E-state index is 8.80. The third kappa shape index (κ3) is 5.58. The fourth-order valence-corrected chi connectivity index (χ4v) is 1.70. The Morgan fingerprint density at radius 3 is 2.36 bits per heavy atom. The van der Waals surface area contributed by atoms with E-state index in [-0.39, 0.29) is 6.61 Å². The van der Waals surface area contributed by atoms with E-state index >= 15 is 0 Å². The first-order valence-corrected chi connectivity index (χ1v) is 5.49. The maximum Gasteiger partial charge on any atom is 0.0477 e. The van der Waals surface area contributed by atoms with E-state index in [0.29, 0.717) is 12.1 Å². The molecule has 0 rings (SSSR count). The summed E-state index contributed by atoms with van der Waals surface area (Å²) in [5.74, 6) is 0. The monoisotopic (exact) mass is 203 g/mol. The molecule has 0 aromatic rings. The number of rotatable bonds is 8. The predicted molar refractivity (Wildman–Crippen MR) is 59.5 cm³/mol. The van der Waals surface area contributed by atoms with Crippen LogP contribution in [0.15, 0.2) is 0 Å². The van der Waals surface area contributed by atoms with Gasteiger partial charge in [-0.1, -0.05) is 0 Å². The third-order valence-electron chi connectivity index (χ3n) is 2.54. The Morgan fingerprint density at radius 2 is 1.93 bits per heavy atom. The van der Waals surface area contributed by atoms with E-state index in [0.717, 1.165) is 26.0 Å². The summed E-state index contributed by atoms with van der Waals surface area (Å²) in [6, 6.07) is 1.06. The number of hydrogen-bond acceptors (Lipinski definition) is 3. The van der Waals surface area contributed by atoms with Crippen molar-refractivity contribution in [1.29, 1.82) is 0 Å². The molecule has 0 aliphatic carbocycles. The molecule has 14 heavy (non-hydrogen) atoms. The van der Waals surface area contributed by atoms with Crippen LogP contribution in [0.4, 0.5) is 0 Å². The van der Waals surface area contributed by atoms with Gasteiger partial charge in [0.2, 0.25) is 0 Å². The molecule has 0 spiro atoms. The second-order valence-electron chi connectivity index (χ2n) is 4.04. The Morgan fingerprint density at radius 1 is 1.29 bits per heavy atom. The molecule has 0 bridgehead atoms. The summed E-state index contributed by atoms with van der Waals surface area (Å²) >= 11 is 0. The van der Waals surface area contributed by atoms with Gasteiger partial charge in [-0.3, -0.25) is 4.90 Å². The summed E-state index contributed by atoms with van der Waals surface area (Å²) in [5.41, 5.74) is 0. The fraction of sp³-hybridized carbons (Fsp3) is 1.00. The van der Waals surface area contributed by atoms with Crippen molar-refractivity contribution in [2.45, 2.75) is 45.7 Å². The van der Waals surface area contributed by atoms with Gasteiger partial charge < -0.3 is 9.84 Å². The molecule has 0 aromatic carbocycles. The van der Waals surface area contributed by atoms with Gasteiger partial charge in [0, 0.05) is 39.0 Å². The van der Waals surface area contributed by atoms with E-state index in [9.17, 15) is 0 Å². The molecule has 0 aromatic heterocycles. The molecular weight excluding hydrogens is 178 g/mol. The molecule has 3 heteroatoms. The standard InChI is InChI=1S/C11H25NO2/c1-10(2)12(7-5-8-13)11(3)6-9-14-4/h10-11,13H,5-9H2,1-4H3. The van der Waals surface area contributed by atoms with Crippen LogP contribution in [0, 0.1) is 0 Å². The lowest BCUT2D eigenvalue weighted by molar-refractivity contribution is 0.109. The zero-order valence-electron chi connectivity index (χ0n) is 9.99. The van der Waals surface area contributed by atoms with Crippen molar-refractivity contribution < 1.29 is 9.84 Å². The molecule has 0 heterocycles. The van der Waals surface area contributed by atoms with Crippen LogP contribution in [0.3, 0.4) is 0 Å². The molecule has 3 nitrogen and oxygen atoms in total. The largest absolute Gasteiger partial charge is 0.396 e. The lowest BCUT2D eigenvalue weighted by atomic mass is 10.1. The van der Waals surface area contributed by atoms with Crippen molar-refractivity contribution in [3.8, 4) is 0 Å². The van der Waals surface area contributed by atoms with Gasteiger partial charge in [0.25, 0.3) is 0 Å². The summed E-state index contributed by atoms with van der Waals surface area (Å²) in [6.07, 6.45) is 1.91. The van der Waals surface area contributed by atoms with Crippen molar-refractivity contribution in [1.82, 2.24) is 4.90 Å². The minimum Gasteiger partial charge on any atom is -0.396 e. The highest BCUT2D eigenvalue weighted by Crippen LogP contribution is 2.09. The number of aliphatic hydroxyl groups excluding tert-OH is 1. The summed E-state index contributed by atoms with van der Waals surface area (Å²) in [6.45, 7) is 8.67. The number of methoxy groups -OCH3 is 1. The maximum atomic E-state index is 8.80. The van der Waals surface area contributed by atoms with Crippen LogP contribution in [0.2, 0.25) is 0 Å². The molecule has 0 radical (unpaired) electrons. The normalized spacial score (nSPS) is 13.9. The van der Waals surface area contributed by atoms with Crippen LogP contribution in [-0.2, 0) is 4.74 Å². The van der Waals surface area contributed by atoms with Gasteiger partial charge in [-0.15, -0.1) is 0 Å². The zero-order chi connectivity index (χ0) is 11.0. The van der Waals surface area contributed by atoms with Gasteiger partial charge in [-0.25, -0.2) is 0 Å². The highest BCUT2D eigenvalue weighted by molar-refractivity contribution is 4.70. The van der Waals surface area contributed by atoms with Crippen LogP contribution >= 0.6 is 0 Å². The molecule has 0 fully saturated rings. The second kappa shape index (κ2) is 8.21. The molecule has 0 saturated carbocycles. The van der Waals surface area contributed by atoms with Crippen molar-refractivity contribution in [2.24, 2.45) is 0 Å². The van der Waals surface area contributed by atoms with E-state index in [1.54, 1.807) is 7.11 Å². The van der Waals surface area contributed by atoms with Crippen LogP contribution in [0.5, 0.6) is 0 Å². The van der Waals surface area contributed by atoms with Crippen LogP contribution in [0.25, 0.3) is 0 Å². The number of hydrogen-bond donors (Lipinski definition) is 1. The Hall–Kier alpha value is -0.120. The number of ether oxygens (including phenoxy) is 1. The lowest BCUT2D eigenvalue weighted by Crippen LogP contribution is -2.40. The minimum absolute atomic E-state index is 0.278. The lowest BCUT2D eigenvalue weighted by Gasteiger charge is -2.32. The van der Waals surface area contributed by atoms with E-state index < -0.39 is 0 Å². The quantitative estimate of drug-likeness (QED) is 0.649. The first-order chi connectivity index (χ1) is 6.63. The van der Waals surface area contributed by atoms with E-state index in [2.05, 4.69) is 25.7 Å². The zero-order valence-corrected chi connectivity index (χ0v) is 9.99. The Balaban J connectivity index is 3.91. The van der Waals surface area contributed by atoms with Gasteiger partial charge in [-0.2, -0.15) is 0 Å². The fourth-order valence-electron chi connectivity index (χ4n) is 1.70. The van der Waals surface area contributed by atoms with Gasteiger partial charge >= 0.3 is 0 Å². The molecule has 0 saturated heterocycles. The van der Waals surface area contributed by atoms with Gasteiger partial charge in [0.05, 0.1) is 0 Å². The van der Waals surface area contributed by atoms with Gasteiger partial charge in [0.1, 0.15) is 0 Å². The highest BCUT2D eigenvalue weighted by Gasteiger charge is 2.15. The second-order valence-corrected chi connectivity index (χ2v) is 4.04. The summed E-state index contributed by atoms with van der Waals surface area (Å²) in [5, 5.41) is 8.80. The topological polar surface area (TPSA) is 32.7 Å². The van der Waals surface area contributed by atoms with Crippen molar-refractivity contribution >= 4 is 0 Å². The first-order valence-electron chi connectivity index (χ1n) is 5.49. The molecule has 0 aliphatic heterocycles. The summed E-state index contributed by atoms with van der Waals surface area (Å²) in [4.78, 5) is 2.41. The molecule has 1 atom stereocenters. The molecule has 0 aliphatic rings. The smallest absolute Gasteiger partial charge is 0.0477 e.